The summed E-state index contributed by atoms with van der Waals surface area (Å²) in [4.78, 5) is 24.1. The molecule has 0 saturated heterocycles. The Hall–Kier alpha value is -2.62. The van der Waals surface area contributed by atoms with Crippen molar-refractivity contribution in [2.45, 2.75) is 33.3 Å². The number of rotatable bonds is 7. The van der Waals surface area contributed by atoms with E-state index in [1.807, 2.05) is 32.9 Å². The Kier molecular flexibility index (Phi) is 6.34. The van der Waals surface area contributed by atoms with Crippen LogP contribution >= 0.6 is 0 Å². The minimum Gasteiger partial charge on any atom is -0.462 e. The fourth-order valence-corrected chi connectivity index (χ4v) is 2.62. The van der Waals surface area contributed by atoms with Gasteiger partial charge in [-0.3, -0.25) is 0 Å². The van der Waals surface area contributed by atoms with Crippen molar-refractivity contribution in [2.75, 3.05) is 6.61 Å². The van der Waals surface area contributed by atoms with Gasteiger partial charge < -0.3 is 9.47 Å². The molecule has 25 heavy (non-hydrogen) atoms. The minimum absolute atomic E-state index is 0.258. The molecule has 0 heterocycles. The second-order valence-corrected chi connectivity index (χ2v) is 6.89. The summed E-state index contributed by atoms with van der Waals surface area (Å²) in [6.45, 7) is 6.08. The van der Waals surface area contributed by atoms with Gasteiger partial charge in [-0.15, -0.1) is 0 Å². The third-order valence-corrected chi connectivity index (χ3v) is 3.76. The summed E-state index contributed by atoms with van der Waals surface area (Å²) in [6, 6.07) is 17.8. The summed E-state index contributed by atoms with van der Waals surface area (Å²) in [6.07, 6.45) is 0.311. The molecule has 0 saturated carbocycles. The lowest BCUT2D eigenvalue weighted by atomic mass is 9.88. The zero-order valence-electron chi connectivity index (χ0n) is 14.9. The van der Waals surface area contributed by atoms with Crippen molar-refractivity contribution < 1.29 is 19.1 Å². The number of esters is 2. The van der Waals surface area contributed by atoms with Crippen LogP contribution in [0.15, 0.2) is 60.7 Å². The zero-order chi connectivity index (χ0) is 18.3. The van der Waals surface area contributed by atoms with Crippen LogP contribution in [0.3, 0.4) is 0 Å². The summed E-state index contributed by atoms with van der Waals surface area (Å²) in [5.74, 6) is -0.687. The molecule has 1 unspecified atom stereocenters. The molecular weight excluding hydrogens is 316 g/mol. The molecule has 0 aliphatic rings. The van der Waals surface area contributed by atoms with Gasteiger partial charge in [-0.05, 0) is 37.6 Å². The lowest BCUT2D eigenvalue weighted by molar-refractivity contribution is 0.00643. The lowest BCUT2D eigenvalue weighted by Gasteiger charge is -2.27. The summed E-state index contributed by atoms with van der Waals surface area (Å²) < 4.78 is 10.9. The van der Waals surface area contributed by atoms with Crippen molar-refractivity contribution in [3.8, 4) is 0 Å². The van der Waals surface area contributed by atoms with Gasteiger partial charge in [0, 0.05) is 5.41 Å². The molecule has 0 spiro atoms. The van der Waals surface area contributed by atoms with E-state index < -0.39 is 0 Å². The van der Waals surface area contributed by atoms with E-state index in [9.17, 15) is 9.59 Å². The zero-order valence-corrected chi connectivity index (χ0v) is 14.9. The molecule has 0 aliphatic heterocycles. The first-order valence-corrected chi connectivity index (χ1v) is 8.35. The fourth-order valence-electron chi connectivity index (χ4n) is 2.62. The number of hydrogen-bond acceptors (Lipinski definition) is 4. The number of ether oxygens (including phenoxy) is 2. The average molecular weight is 340 g/mol. The van der Waals surface area contributed by atoms with Crippen molar-refractivity contribution in [3.63, 3.8) is 0 Å². The summed E-state index contributed by atoms with van der Waals surface area (Å²) >= 11 is 0. The van der Waals surface area contributed by atoms with Crippen LogP contribution in [0.2, 0.25) is 0 Å². The van der Waals surface area contributed by atoms with Crippen molar-refractivity contribution in [3.05, 3.63) is 71.8 Å². The monoisotopic (exact) mass is 340 g/mol. The molecule has 0 bridgehead atoms. The van der Waals surface area contributed by atoms with Gasteiger partial charge in [0.2, 0.25) is 0 Å². The molecule has 0 N–H and O–H groups in total. The molecule has 0 aliphatic carbocycles. The van der Waals surface area contributed by atoms with E-state index in [1.54, 1.807) is 48.5 Å². The van der Waals surface area contributed by atoms with Crippen LogP contribution in [-0.4, -0.2) is 24.6 Å². The Bertz CT molecular complexity index is 692. The van der Waals surface area contributed by atoms with Crippen LogP contribution in [0.5, 0.6) is 0 Å². The van der Waals surface area contributed by atoms with Gasteiger partial charge in [0.15, 0.2) is 0 Å². The second kappa shape index (κ2) is 8.47. The van der Waals surface area contributed by atoms with E-state index in [0.29, 0.717) is 17.5 Å². The molecular formula is C21H24O4. The van der Waals surface area contributed by atoms with Gasteiger partial charge in [0.05, 0.1) is 23.8 Å². The largest absolute Gasteiger partial charge is 0.462 e. The van der Waals surface area contributed by atoms with Gasteiger partial charge >= 0.3 is 11.9 Å². The number of benzene rings is 2. The summed E-state index contributed by atoms with van der Waals surface area (Å²) in [5, 5.41) is 0. The average Bonchev–Trinajstić information content (AvgIpc) is 2.60. The van der Waals surface area contributed by atoms with Crippen molar-refractivity contribution >= 4 is 11.9 Å². The topological polar surface area (TPSA) is 52.6 Å². The van der Waals surface area contributed by atoms with E-state index in [2.05, 4.69) is 0 Å². The van der Waals surface area contributed by atoms with Crippen LogP contribution < -0.4 is 0 Å². The number of carbonyl (C=O) groups is 2. The van der Waals surface area contributed by atoms with E-state index in [0.717, 1.165) is 0 Å². The standard InChI is InChI=1S/C21H24O4/c1-16(25-20(23)18-12-8-5-9-13-18)14-21(2,3)15-24-19(22)17-10-6-4-7-11-17/h4-13,16H,14-15H2,1-3H3. The molecule has 132 valence electrons. The first-order valence-electron chi connectivity index (χ1n) is 8.35. The van der Waals surface area contributed by atoms with Gasteiger partial charge in [-0.1, -0.05) is 50.2 Å². The van der Waals surface area contributed by atoms with Crippen LogP contribution in [-0.2, 0) is 9.47 Å². The van der Waals surface area contributed by atoms with Crippen LogP contribution in [0, 0.1) is 5.41 Å². The maximum atomic E-state index is 12.1. The minimum atomic E-state index is -0.345. The molecule has 4 heteroatoms. The van der Waals surface area contributed by atoms with Crippen molar-refractivity contribution in [2.24, 2.45) is 5.41 Å². The normalized spacial score (nSPS) is 12.3. The van der Waals surface area contributed by atoms with Crippen LogP contribution in [0.25, 0.3) is 0 Å². The van der Waals surface area contributed by atoms with E-state index in [4.69, 9.17) is 9.47 Å². The Morgan fingerprint density at radius 1 is 0.880 bits per heavy atom. The third kappa shape index (κ3) is 6.07. The summed E-state index contributed by atoms with van der Waals surface area (Å²) in [5.41, 5.74) is 0.755. The SMILES string of the molecule is CC(CC(C)(C)COC(=O)c1ccccc1)OC(=O)c1ccccc1. The molecule has 0 fully saturated rings. The second-order valence-electron chi connectivity index (χ2n) is 6.89. The van der Waals surface area contributed by atoms with E-state index in [1.165, 1.54) is 0 Å². The van der Waals surface area contributed by atoms with Gasteiger partial charge in [0.1, 0.15) is 0 Å². The van der Waals surface area contributed by atoms with Crippen LogP contribution in [0.4, 0.5) is 0 Å². The fraction of sp³-hybridized carbons (Fsp3) is 0.333. The molecule has 0 amide bonds. The Morgan fingerprint density at radius 2 is 1.36 bits per heavy atom. The molecule has 2 aromatic rings. The van der Waals surface area contributed by atoms with Crippen LogP contribution in [0.1, 0.15) is 47.9 Å². The smallest absolute Gasteiger partial charge is 0.338 e. The maximum absolute atomic E-state index is 12.1. The lowest BCUT2D eigenvalue weighted by Crippen LogP contribution is -2.28. The first kappa shape index (κ1) is 18.7. The predicted octanol–water partition coefficient (Wildman–Crippen LogP) is 4.51. The maximum Gasteiger partial charge on any atom is 0.338 e. The Morgan fingerprint density at radius 3 is 1.88 bits per heavy atom. The van der Waals surface area contributed by atoms with E-state index in [-0.39, 0.29) is 30.1 Å². The van der Waals surface area contributed by atoms with Crippen molar-refractivity contribution in [1.82, 2.24) is 0 Å². The summed E-state index contributed by atoms with van der Waals surface area (Å²) in [7, 11) is 0. The number of carbonyl (C=O) groups excluding carboxylic acids is 2. The highest BCUT2D eigenvalue weighted by molar-refractivity contribution is 5.89. The Labute approximate surface area is 148 Å². The predicted molar refractivity (Wildman–Crippen MR) is 96.4 cm³/mol. The molecule has 0 aromatic heterocycles. The highest BCUT2D eigenvalue weighted by Crippen LogP contribution is 2.25. The highest BCUT2D eigenvalue weighted by atomic mass is 16.5. The van der Waals surface area contributed by atoms with Gasteiger partial charge in [0.25, 0.3) is 0 Å². The molecule has 0 radical (unpaired) electrons. The molecule has 2 rings (SSSR count). The first-order chi connectivity index (χ1) is 11.9. The highest BCUT2D eigenvalue weighted by Gasteiger charge is 2.25. The van der Waals surface area contributed by atoms with Crippen molar-refractivity contribution in [1.29, 1.82) is 0 Å². The molecule has 1 atom stereocenters. The number of hydrogen-bond donors (Lipinski definition) is 0. The Balaban J connectivity index is 1.83. The third-order valence-electron chi connectivity index (χ3n) is 3.76. The van der Waals surface area contributed by atoms with Gasteiger partial charge in [-0.2, -0.15) is 0 Å². The molecule has 4 nitrogen and oxygen atoms in total. The quantitative estimate of drug-likeness (QED) is 0.696. The van der Waals surface area contributed by atoms with Gasteiger partial charge in [-0.25, -0.2) is 9.59 Å². The van der Waals surface area contributed by atoms with E-state index >= 15 is 0 Å². The molecule has 2 aromatic carbocycles.